The molecule has 18 heavy (non-hydrogen) atoms. The number of anilines is 1. The summed E-state index contributed by atoms with van der Waals surface area (Å²) < 4.78 is 5.63. The molecule has 92 valence electrons. The van der Waals surface area contributed by atoms with Gasteiger partial charge in [0.1, 0.15) is 5.76 Å². The molecule has 2 aromatic rings. The highest BCUT2D eigenvalue weighted by Gasteiger charge is 2.03. The fourth-order valence-corrected chi connectivity index (χ4v) is 1.57. The van der Waals surface area contributed by atoms with E-state index in [4.69, 9.17) is 10.5 Å². The molecular formula is C14H15N3O. The Kier molecular flexibility index (Phi) is 3.91. The number of rotatable bonds is 4. The van der Waals surface area contributed by atoms with Gasteiger partial charge in [-0.15, -0.1) is 0 Å². The molecule has 0 amide bonds. The maximum atomic E-state index is 5.63. The van der Waals surface area contributed by atoms with Gasteiger partial charge < -0.3 is 10.5 Å². The summed E-state index contributed by atoms with van der Waals surface area (Å²) in [4.78, 5) is 7.99. The smallest absolute Gasteiger partial charge is 0.220 e. The zero-order valence-electron chi connectivity index (χ0n) is 10.2. The van der Waals surface area contributed by atoms with Crippen molar-refractivity contribution in [1.82, 2.24) is 9.97 Å². The number of aromatic nitrogens is 2. The van der Waals surface area contributed by atoms with Crippen molar-refractivity contribution in [3.63, 3.8) is 0 Å². The number of ether oxygens (including phenoxy) is 1. The van der Waals surface area contributed by atoms with Gasteiger partial charge in [0.15, 0.2) is 0 Å². The first-order chi connectivity index (χ1) is 8.79. The summed E-state index contributed by atoms with van der Waals surface area (Å²) in [5.41, 5.74) is 7.30. The van der Waals surface area contributed by atoms with Gasteiger partial charge in [-0.1, -0.05) is 30.3 Å². The van der Waals surface area contributed by atoms with Gasteiger partial charge in [-0.05, 0) is 13.0 Å². The third-order valence-electron chi connectivity index (χ3n) is 2.33. The van der Waals surface area contributed by atoms with Crippen LogP contribution in [0.5, 0.6) is 0 Å². The van der Waals surface area contributed by atoms with Crippen LogP contribution in [0.2, 0.25) is 0 Å². The predicted octanol–water partition coefficient (Wildman–Crippen LogP) is 2.59. The van der Waals surface area contributed by atoms with Crippen LogP contribution in [0.4, 0.5) is 5.95 Å². The lowest BCUT2D eigenvalue weighted by Crippen LogP contribution is -1.96. The molecule has 0 aliphatic carbocycles. The van der Waals surface area contributed by atoms with E-state index in [1.807, 2.05) is 43.3 Å². The Balaban J connectivity index is 2.36. The van der Waals surface area contributed by atoms with E-state index >= 15 is 0 Å². The first-order valence-electron chi connectivity index (χ1n) is 5.78. The number of hydrogen-bond acceptors (Lipinski definition) is 4. The number of nitrogens with zero attached hydrogens (tertiary/aromatic N) is 2. The molecule has 1 aromatic heterocycles. The second-order valence-electron chi connectivity index (χ2n) is 3.65. The molecular weight excluding hydrogens is 226 g/mol. The Bertz CT molecular complexity index is 538. The molecule has 4 heteroatoms. The Hall–Kier alpha value is -2.36. The van der Waals surface area contributed by atoms with Gasteiger partial charge in [0.2, 0.25) is 5.95 Å². The highest BCUT2D eigenvalue weighted by atomic mass is 16.5. The van der Waals surface area contributed by atoms with E-state index in [1.165, 1.54) is 0 Å². The van der Waals surface area contributed by atoms with Crippen molar-refractivity contribution in [3.8, 4) is 0 Å². The predicted molar refractivity (Wildman–Crippen MR) is 72.4 cm³/mol. The number of benzene rings is 1. The van der Waals surface area contributed by atoms with Crippen LogP contribution in [-0.4, -0.2) is 16.6 Å². The summed E-state index contributed by atoms with van der Waals surface area (Å²) >= 11 is 0. The van der Waals surface area contributed by atoms with E-state index in [9.17, 15) is 0 Å². The van der Waals surface area contributed by atoms with Crippen LogP contribution in [0.1, 0.15) is 18.2 Å². The van der Waals surface area contributed by atoms with Crippen molar-refractivity contribution in [3.05, 3.63) is 53.9 Å². The summed E-state index contributed by atoms with van der Waals surface area (Å²) in [7, 11) is 0. The van der Waals surface area contributed by atoms with Gasteiger partial charge in [0.05, 0.1) is 12.3 Å². The van der Waals surface area contributed by atoms with Gasteiger partial charge >= 0.3 is 0 Å². The molecule has 0 atom stereocenters. The molecule has 2 rings (SSSR count). The van der Waals surface area contributed by atoms with E-state index in [0.29, 0.717) is 6.61 Å². The van der Waals surface area contributed by atoms with Crippen molar-refractivity contribution in [2.24, 2.45) is 0 Å². The minimum Gasteiger partial charge on any atom is -0.493 e. The third-order valence-corrected chi connectivity index (χ3v) is 2.33. The largest absolute Gasteiger partial charge is 0.493 e. The van der Waals surface area contributed by atoms with Crippen molar-refractivity contribution < 1.29 is 4.74 Å². The van der Waals surface area contributed by atoms with E-state index in [1.54, 1.807) is 12.3 Å². The maximum Gasteiger partial charge on any atom is 0.220 e. The molecule has 1 heterocycles. The molecule has 0 bridgehead atoms. The fraction of sp³-hybridized carbons (Fsp3) is 0.143. The second kappa shape index (κ2) is 5.82. The average Bonchev–Trinajstić information content (AvgIpc) is 2.39. The molecule has 0 radical (unpaired) electrons. The zero-order chi connectivity index (χ0) is 12.8. The average molecular weight is 241 g/mol. The highest BCUT2D eigenvalue weighted by Crippen LogP contribution is 2.18. The van der Waals surface area contributed by atoms with E-state index in [0.717, 1.165) is 17.0 Å². The van der Waals surface area contributed by atoms with Crippen molar-refractivity contribution in [2.45, 2.75) is 6.92 Å². The summed E-state index contributed by atoms with van der Waals surface area (Å²) in [5, 5.41) is 0. The lowest BCUT2D eigenvalue weighted by atomic mass is 10.1. The molecule has 0 unspecified atom stereocenters. The van der Waals surface area contributed by atoms with Crippen LogP contribution in [0, 0.1) is 0 Å². The number of nitrogens with two attached hydrogens (primary N) is 1. The van der Waals surface area contributed by atoms with Crippen molar-refractivity contribution in [2.75, 3.05) is 12.3 Å². The Morgan fingerprint density at radius 3 is 2.72 bits per heavy atom. The molecule has 0 spiro atoms. The lowest BCUT2D eigenvalue weighted by molar-refractivity contribution is 0.300. The van der Waals surface area contributed by atoms with Gasteiger partial charge in [-0.2, -0.15) is 0 Å². The van der Waals surface area contributed by atoms with Gasteiger partial charge in [0, 0.05) is 17.8 Å². The van der Waals surface area contributed by atoms with Crippen LogP contribution >= 0.6 is 0 Å². The molecule has 0 aliphatic heterocycles. The molecule has 2 N–H and O–H groups in total. The van der Waals surface area contributed by atoms with Crippen LogP contribution in [-0.2, 0) is 4.74 Å². The van der Waals surface area contributed by atoms with E-state index < -0.39 is 0 Å². The fourth-order valence-electron chi connectivity index (χ4n) is 1.57. The summed E-state index contributed by atoms with van der Waals surface area (Å²) in [6.45, 7) is 2.55. The SMILES string of the molecule is CCO/C(=C\c1ccnc(N)n1)c1ccccc1. The minimum atomic E-state index is 0.257. The monoisotopic (exact) mass is 241 g/mol. The molecule has 0 saturated heterocycles. The minimum absolute atomic E-state index is 0.257. The van der Waals surface area contributed by atoms with Gasteiger partial charge in [-0.25, -0.2) is 9.97 Å². The van der Waals surface area contributed by atoms with Crippen LogP contribution in [0.25, 0.3) is 11.8 Å². The van der Waals surface area contributed by atoms with Crippen molar-refractivity contribution >= 4 is 17.8 Å². The highest BCUT2D eigenvalue weighted by molar-refractivity contribution is 5.76. The van der Waals surface area contributed by atoms with Gasteiger partial charge in [-0.3, -0.25) is 0 Å². The molecule has 0 saturated carbocycles. The van der Waals surface area contributed by atoms with Crippen LogP contribution in [0.3, 0.4) is 0 Å². The molecule has 0 fully saturated rings. The van der Waals surface area contributed by atoms with Gasteiger partial charge in [0.25, 0.3) is 0 Å². The van der Waals surface area contributed by atoms with Crippen LogP contribution in [0.15, 0.2) is 42.6 Å². The summed E-state index contributed by atoms with van der Waals surface area (Å²) in [6.07, 6.45) is 3.49. The molecule has 4 nitrogen and oxygen atoms in total. The normalized spacial score (nSPS) is 11.3. The first-order valence-corrected chi connectivity index (χ1v) is 5.78. The Morgan fingerprint density at radius 2 is 2.06 bits per heavy atom. The standard InChI is InChI=1S/C14H15N3O/c1-2-18-13(11-6-4-3-5-7-11)10-12-8-9-16-14(15)17-12/h3-10H,2H2,1H3,(H2,15,16,17)/b13-10-. The Labute approximate surface area is 106 Å². The quantitative estimate of drug-likeness (QED) is 0.836. The first kappa shape index (κ1) is 12.1. The van der Waals surface area contributed by atoms with E-state index in [-0.39, 0.29) is 5.95 Å². The second-order valence-corrected chi connectivity index (χ2v) is 3.65. The number of hydrogen-bond donors (Lipinski definition) is 1. The maximum absolute atomic E-state index is 5.63. The number of nitrogen functional groups attached to an aromatic ring is 1. The molecule has 0 aliphatic rings. The topological polar surface area (TPSA) is 61.0 Å². The third kappa shape index (κ3) is 3.07. The zero-order valence-corrected chi connectivity index (χ0v) is 10.2. The Morgan fingerprint density at radius 1 is 1.28 bits per heavy atom. The van der Waals surface area contributed by atoms with E-state index in [2.05, 4.69) is 9.97 Å². The van der Waals surface area contributed by atoms with Crippen molar-refractivity contribution in [1.29, 1.82) is 0 Å². The summed E-state index contributed by atoms with van der Waals surface area (Å²) in [5.74, 6) is 1.03. The lowest BCUT2D eigenvalue weighted by Gasteiger charge is -2.08. The summed E-state index contributed by atoms with van der Waals surface area (Å²) in [6, 6.07) is 11.7. The van der Waals surface area contributed by atoms with Crippen LogP contribution < -0.4 is 5.73 Å². The molecule has 1 aromatic carbocycles.